The standard InChI is InChI=1S/C15H18O5S/c1-11-3-5-12(6-4-11)21(17,18)20-10-14-7-15(8-14,9-14)13(16)19-2/h3-6H,7-10H2,1-2H3. The van der Waals surface area contributed by atoms with Crippen molar-refractivity contribution in [3.8, 4) is 0 Å². The van der Waals surface area contributed by atoms with Gasteiger partial charge in [-0.2, -0.15) is 8.42 Å². The van der Waals surface area contributed by atoms with Crippen molar-refractivity contribution in [1.29, 1.82) is 0 Å². The van der Waals surface area contributed by atoms with Gasteiger partial charge in [-0.3, -0.25) is 8.98 Å². The molecule has 3 saturated carbocycles. The van der Waals surface area contributed by atoms with Crippen molar-refractivity contribution in [2.75, 3.05) is 13.7 Å². The fourth-order valence-electron chi connectivity index (χ4n) is 3.56. The van der Waals surface area contributed by atoms with Gasteiger partial charge in [-0.25, -0.2) is 0 Å². The van der Waals surface area contributed by atoms with Crippen LogP contribution in [0.25, 0.3) is 0 Å². The van der Waals surface area contributed by atoms with E-state index in [9.17, 15) is 13.2 Å². The van der Waals surface area contributed by atoms with Crippen molar-refractivity contribution < 1.29 is 22.1 Å². The quantitative estimate of drug-likeness (QED) is 0.615. The molecule has 0 aliphatic heterocycles. The minimum atomic E-state index is -3.72. The number of rotatable bonds is 5. The van der Waals surface area contributed by atoms with Gasteiger partial charge in [0.25, 0.3) is 10.1 Å². The Labute approximate surface area is 124 Å². The zero-order chi connectivity index (χ0) is 15.3. The molecule has 1 aromatic rings. The summed E-state index contributed by atoms with van der Waals surface area (Å²) in [6, 6.07) is 6.57. The molecule has 6 heteroatoms. The van der Waals surface area contributed by atoms with Crippen LogP contribution in [0.2, 0.25) is 0 Å². The highest BCUT2D eigenvalue weighted by Crippen LogP contribution is 2.73. The summed E-state index contributed by atoms with van der Waals surface area (Å²) in [5.74, 6) is -0.189. The highest BCUT2D eigenvalue weighted by molar-refractivity contribution is 7.86. The largest absolute Gasteiger partial charge is 0.469 e. The van der Waals surface area contributed by atoms with Crippen LogP contribution in [0.3, 0.4) is 0 Å². The molecule has 0 saturated heterocycles. The molecular formula is C15H18O5S. The van der Waals surface area contributed by atoms with Crippen molar-refractivity contribution in [2.24, 2.45) is 10.8 Å². The van der Waals surface area contributed by atoms with Crippen molar-refractivity contribution in [3.63, 3.8) is 0 Å². The first-order valence-corrected chi connectivity index (χ1v) is 8.26. The first-order valence-electron chi connectivity index (χ1n) is 6.86. The maximum atomic E-state index is 12.1. The van der Waals surface area contributed by atoms with E-state index >= 15 is 0 Å². The molecule has 21 heavy (non-hydrogen) atoms. The summed E-state index contributed by atoms with van der Waals surface area (Å²) in [6.45, 7) is 2.04. The molecule has 3 fully saturated rings. The summed E-state index contributed by atoms with van der Waals surface area (Å²) in [4.78, 5) is 11.7. The summed E-state index contributed by atoms with van der Waals surface area (Å²) >= 11 is 0. The van der Waals surface area contributed by atoms with Crippen LogP contribution in [0.15, 0.2) is 29.2 Å². The molecule has 0 unspecified atom stereocenters. The maximum absolute atomic E-state index is 12.1. The molecule has 0 heterocycles. The van der Waals surface area contributed by atoms with E-state index in [0.29, 0.717) is 19.3 Å². The molecule has 3 aliphatic carbocycles. The van der Waals surface area contributed by atoms with Crippen molar-refractivity contribution in [1.82, 2.24) is 0 Å². The zero-order valence-electron chi connectivity index (χ0n) is 12.1. The smallest absolute Gasteiger partial charge is 0.311 e. The van der Waals surface area contributed by atoms with E-state index in [1.165, 1.54) is 7.11 Å². The number of hydrogen-bond acceptors (Lipinski definition) is 5. The Balaban J connectivity index is 1.60. The summed E-state index contributed by atoms with van der Waals surface area (Å²) < 4.78 is 34.2. The minimum Gasteiger partial charge on any atom is -0.469 e. The lowest BCUT2D eigenvalue weighted by molar-refractivity contribution is -0.233. The lowest BCUT2D eigenvalue weighted by atomic mass is 9.35. The van der Waals surface area contributed by atoms with Gasteiger partial charge in [-0.05, 0) is 43.7 Å². The number of methoxy groups -OCH3 is 1. The molecule has 0 atom stereocenters. The van der Waals surface area contributed by atoms with Crippen molar-refractivity contribution in [2.45, 2.75) is 31.1 Å². The highest BCUT2D eigenvalue weighted by Gasteiger charge is 2.72. The first-order chi connectivity index (χ1) is 9.81. The number of benzene rings is 1. The molecule has 3 aliphatic rings. The SMILES string of the molecule is COC(=O)C12CC(COS(=O)(=O)c3ccc(C)cc3)(C1)C2. The van der Waals surface area contributed by atoms with Gasteiger partial charge in [0.1, 0.15) is 0 Å². The molecule has 2 bridgehead atoms. The molecule has 5 nitrogen and oxygen atoms in total. The van der Waals surface area contributed by atoms with Crippen LogP contribution in [0.5, 0.6) is 0 Å². The average molecular weight is 310 g/mol. The number of hydrogen-bond donors (Lipinski definition) is 0. The maximum Gasteiger partial charge on any atom is 0.311 e. The fraction of sp³-hybridized carbons (Fsp3) is 0.533. The van der Waals surface area contributed by atoms with Crippen LogP contribution in [0, 0.1) is 17.8 Å². The van der Waals surface area contributed by atoms with Gasteiger partial charge in [0.05, 0.1) is 24.0 Å². The monoisotopic (exact) mass is 310 g/mol. The van der Waals surface area contributed by atoms with Crippen LogP contribution >= 0.6 is 0 Å². The van der Waals surface area contributed by atoms with Gasteiger partial charge in [-0.1, -0.05) is 17.7 Å². The van der Waals surface area contributed by atoms with Gasteiger partial charge in [0.15, 0.2) is 0 Å². The summed E-state index contributed by atoms with van der Waals surface area (Å²) in [5.41, 5.74) is 0.464. The molecule has 0 N–H and O–H groups in total. The third-order valence-corrected chi connectivity index (χ3v) is 5.87. The molecular weight excluding hydrogens is 292 g/mol. The molecule has 0 radical (unpaired) electrons. The van der Waals surface area contributed by atoms with Gasteiger partial charge >= 0.3 is 5.97 Å². The molecule has 1 aromatic carbocycles. The number of esters is 1. The van der Waals surface area contributed by atoms with E-state index in [1.807, 2.05) is 6.92 Å². The van der Waals surface area contributed by atoms with E-state index in [-0.39, 0.29) is 28.3 Å². The van der Waals surface area contributed by atoms with Crippen molar-refractivity contribution >= 4 is 16.1 Å². The molecule has 4 rings (SSSR count). The lowest BCUT2D eigenvalue weighted by Crippen LogP contribution is -2.67. The van der Waals surface area contributed by atoms with Gasteiger partial charge in [0.2, 0.25) is 0 Å². The Bertz CT molecular complexity index is 655. The number of ether oxygens (including phenoxy) is 1. The van der Waals surface area contributed by atoms with Crippen LogP contribution < -0.4 is 0 Å². The van der Waals surface area contributed by atoms with Crippen LogP contribution in [-0.4, -0.2) is 28.1 Å². The summed E-state index contributed by atoms with van der Waals surface area (Å²) in [5, 5.41) is 0. The third-order valence-electron chi connectivity index (χ3n) is 4.59. The normalized spacial score (nSPS) is 30.2. The number of carbonyl (C=O) groups excluding carboxylic acids is 1. The highest BCUT2D eigenvalue weighted by atomic mass is 32.2. The molecule has 114 valence electrons. The molecule has 0 amide bonds. The Morgan fingerprint density at radius 2 is 1.76 bits per heavy atom. The Hall–Kier alpha value is -1.40. The Kier molecular flexibility index (Phi) is 3.15. The first kappa shape index (κ1) is 14.5. The van der Waals surface area contributed by atoms with E-state index in [1.54, 1.807) is 24.3 Å². The van der Waals surface area contributed by atoms with Gasteiger partial charge < -0.3 is 4.74 Å². The van der Waals surface area contributed by atoms with E-state index < -0.39 is 10.1 Å². The van der Waals surface area contributed by atoms with Gasteiger partial charge in [-0.15, -0.1) is 0 Å². The van der Waals surface area contributed by atoms with Crippen LogP contribution in [-0.2, 0) is 23.8 Å². The molecule has 0 spiro atoms. The second-order valence-electron chi connectivity index (χ2n) is 6.33. The predicted octanol–water partition coefficient (Wildman–Crippen LogP) is 2.04. The lowest BCUT2D eigenvalue weighted by Gasteiger charge is -2.68. The average Bonchev–Trinajstić information content (AvgIpc) is 2.35. The Morgan fingerprint density at radius 1 is 1.19 bits per heavy atom. The Morgan fingerprint density at radius 3 is 2.29 bits per heavy atom. The van der Waals surface area contributed by atoms with E-state index in [4.69, 9.17) is 8.92 Å². The topological polar surface area (TPSA) is 69.7 Å². The summed E-state index contributed by atoms with van der Waals surface area (Å²) in [7, 11) is -2.34. The van der Waals surface area contributed by atoms with E-state index in [0.717, 1.165) is 5.56 Å². The zero-order valence-corrected chi connectivity index (χ0v) is 12.9. The fourth-order valence-corrected chi connectivity index (χ4v) is 4.57. The van der Waals surface area contributed by atoms with Gasteiger partial charge in [0, 0.05) is 0 Å². The molecule has 0 aromatic heterocycles. The second kappa shape index (κ2) is 4.55. The second-order valence-corrected chi connectivity index (χ2v) is 7.95. The summed E-state index contributed by atoms with van der Waals surface area (Å²) in [6.07, 6.45) is 1.99. The predicted molar refractivity (Wildman–Crippen MR) is 75.0 cm³/mol. The third kappa shape index (κ3) is 2.26. The number of aryl methyl sites for hydroxylation is 1. The minimum absolute atomic E-state index is 0.141. The van der Waals surface area contributed by atoms with Crippen LogP contribution in [0.4, 0.5) is 0 Å². The number of carbonyl (C=O) groups is 1. The van der Waals surface area contributed by atoms with Crippen LogP contribution in [0.1, 0.15) is 24.8 Å². The van der Waals surface area contributed by atoms with E-state index in [2.05, 4.69) is 0 Å². The van der Waals surface area contributed by atoms with Crippen molar-refractivity contribution in [3.05, 3.63) is 29.8 Å².